The van der Waals surface area contributed by atoms with Gasteiger partial charge in [-0.15, -0.1) is 0 Å². The Morgan fingerprint density at radius 2 is 0.790 bits per heavy atom. The fourth-order valence-corrected chi connectivity index (χ4v) is 11.4. The van der Waals surface area contributed by atoms with Crippen LogP contribution >= 0.6 is 0 Å². The average molecular weight is 1150 g/mol. The second kappa shape index (κ2) is 52.8. The highest BCUT2D eigenvalue weighted by atomic mass is 16.7. The highest BCUT2D eigenvalue weighted by Crippen LogP contribution is 2.30. The van der Waals surface area contributed by atoms with E-state index in [2.05, 4.69) is 31.3 Å². The van der Waals surface area contributed by atoms with Crippen LogP contribution in [0, 0.1) is 0 Å². The summed E-state index contributed by atoms with van der Waals surface area (Å²) in [7, 11) is 0. The second-order valence-corrected chi connectivity index (χ2v) is 24.3. The van der Waals surface area contributed by atoms with Crippen LogP contribution in [0.3, 0.4) is 0 Å². The molecule has 0 aromatic heterocycles. The van der Waals surface area contributed by atoms with Gasteiger partial charge in [0.15, 0.2) is 12.6 Å². The van der Waals surface area contributed by atoms with Crippen molar-refractivity contribution in [3.05, 3.63) is 24.3 Å². The molecule has 0 bridgehead atoms. The number of carbonyl (C=O) groups excluding carboxylic acids is 1. The van der Waals surface area contributed by atoms with Gasteiger partial charge in [-0.2, -0.15) is 0 Å². The lowest BCUT2D eigenvalue weighted by Crippen LogP contribution is -2.65. The second-order valence-electron chi connectivity index (χ2n) is 24.3. The summed E-state index contributed by atoms with van der Waals surface area (Å²) in [5.74, 6) is -0.242. The first-order valence-electron chi connectivity index (χ1n) is 34.1. The third kappa shape index (κ3) is 37.6. The molecule has 0 radical (unpaired) electrons. The molecule has 0 aliphatic carbocycles. The molecule has 14 heteroatoms. The number of allylic oxidation sites excluding steroid dienone is 3. The predicted octanol–water partition coefficient (Wildman–Crippen LogP) is 13.2. The summed E-state index contributed by atoms with van der Waals surface area (Å²) in [4.78, 5) is 13.3. The van der Waals surface area contributed by atoms with Crippen molar-refractivity contribution < 1.29 is 64.6 Å². The number of hydrogen-bond donors (Lipinski definition) is 9. The highest BCUT2D eigenvalue weighted by Gasteiger charge is 2.51. The van der Waals surface area contributed by atoms with Crippen molar-refractivity contribution in [2.45, 2.75) is 376 Å². The van der Waals surface area contributed by atoms with Gasteiger partial charge in [0.05, 0.1) is 32.0 Å². The Morgan fingerprint density at radius 3 is 1.21 bits per heavy atom. The van der Waals surface area contributed by atoms with Gasteiger partial charge in [-0.05, 0) is 32.1 Å². The molecule has 0 aromatic rings. The summed E-state index contributed by atoms with van der Waals surface area (Å²) in [5, 5.41) is 87.3. The van der Waals surface area contributed by atoms with Crippen molar-refractivity contribution >= 4 is 5.91 Å². The number of nitrogens with one attached hydrogen (secondary N) is 1. The van der Waals surface area contributed by atoms with Gasteiger partial charge >= 0.3 is 0 Å². The third-order valence-electron chi connectivity index (χ3n) is 16.9. The Kier molecular flexibility index (Phi) is 49.2. The first-order chi connectivity index (χ1) is 39.6. The molecule has 81 heavy (non-hydrogen) atoms. The van der Waals surface area contributed by atoms with Gasteiger partial charge in [-0.25, -0.2) is 0 Å². The highest BCUT2D eigenvalue weighted by molar-refractivity contribution is 5.76. The molecular weight excluding hydrogens is 1030 g/mol. The predicted molar refractivity (Wildman–Crippen MR) is 328 cm³/mol. The molecule has 0 spiro atoms. The molecule has 2 rings (SSSR count). The van der Waals surface area contributed by atoms with Crippen LogP contribution in [0.5, 0.6) is 0 Å². The van der Waals surface area contributed by atoms with Crippen LogP contribution in [-0.2, 0) is 23.7 Å². The molecule has 12 unspecified atom stereocenters. The number of amides is 1. The quantitative estimate of drug-likeness (QED) is 0.0204. The third-order valence-corrected chi connectivity index (χ3v) is 16.9. The topological polar surface area (TPSA) is 228 Å². The van der Waals surface area contributed by atoms with E-state index < -0.39 is 86.8 Å². The summed E-state index contributed by atoms with van der Waals surface area (Å²) < 4.78 is 22.8. The van der Waals surface area contributed by atoms with Crippen LogP contribution in [0.25, 0.3) is 0 Å². The minimum absolute atomic E-state index is 0.242. The van der Waals surface area contributed by atoms with Crippen molar-refractivity contribution in [1.29, 1.82) is 0 Å². The Hall–Kier alpha value is -1.53. The number of aliphatic hydroxyl groups excluding tert-OH is 8. The maximum absolute atomic E-state index is 13.3. The Morgan fingerprint density at radius 1 is 0.432 bits per heavy atom. The maximum atomic E-state index is 13.3. The molecule has 14 nitrogen and oxygen atoms in total. The zero-order chi connectivity index (χ0) is 58.8. The Bertz CT molecular complexity index is 1450. The minimum Gasteiger partial charge on any atom is -0.394 e. The normalized spacial score (nSPS) is 24.2. The van der Waals surface area contributed by atoms with Crippen molar-refractivity contribution in [1.82, 2.24) is 5.32 Å². The monoisotopic (exact) mass is 1150 g/mol. The number of unbranched alkanes of at least 4 members (excludes halogenated alkanes) is 41. The van der Waals surface area contributed by atoms with Crippen LogP contribution in [0.4, 0.5) is 0 Å². The minimum atomic E-state index is -1.79. The van der Waals surface area contributed by atoms with E-state index in [0.717, 1.165) is 32.1 Å². The molecule has 0 aromatic carbocycles. The summed E-state index contributed by atoms with van der Waals surface area (Å²) in [6, 6.07) is -0.929. The van der Waals surface area contributed by atoms with Gasteiger partial charge in [0, 0.05) is 6.42 Å². The zero-order valence-corrected chi connectivity index (χ0v) is 51.8. The van der Waals surface area contributed by atoms with E-state index in [9.17, 15) is 45.6 Å². The standard InChI is InChI=1S/C67H127NO13/c1-3-5-7-9-11-13-15-17-19-21-23-25-26-27-28-29-30-31-33-35-37-39-41-43-45-47-49-51-59(72)68-55(56(71)50-48-46-44-42-40-38-36-34-32-24-22-20-18-16-14-12-10-8-6-4-2)54-78-66-64(77)62(75)65(58(53-70)80-66)81-67-63(76)61(74)60(73)57(52-69)79-67/h40,42,48,50,55-58,60-67,69-71,73-77H,3-39,41,43-47,49,51-54H2,1-2H3,(H,68,72)/b42-40+,50-48+. The summed E-state index contributed by atoms with van der Waals surface area (Å²) in [6.07, 6.45) is 48.1. The van der Waals surface area contributed by atoms with E-state index in [0.29, 0.717) is 12.8 Å². The smallest absolute Gasteiger partial charge is 0.220 e. The summed E-state index contributed by atoms with van der Waals surface area (Å²) in [6.45, 7) is 2.83. The molecule has 478 valence electrons. The summed E-state index contributed by atoms with van der Waals surface area (Å²) in [5.41, 5.74) is 0. The molecule has 1 amide bonds. The number of rotatable bonds is 56. The fraction of sp³-hybridized carbons (Fsp3) is 0.925. The lowest BCUT2D eigenvalue weighted by molar-refractivity contribution is -0.359. The lowest BCUT2D eigenvalue weighted by Gasteiger charge is -2.46. The van der Waals surface area contributed by atoms with E-state index in [-0.39, 0.29) is 18.9 Å². The lowest BCUT2D eigenvalue weighted by atomic mass is 9.97. The first kappa shape index (κ1) is 75.6. The number of carbonyl (C=O) groups is 1. The SMILES string of the molecule is CCCCCCCCCCCCCCCC/C=C/CC/C=C/C(O)C(COC1OC(CO)C(OC2OC(CO)C(O)C(O)C2O)C(O)C1O)NC(=O)CCCCCCCCCCCCCCCCCCCCCCCCCCCCC. The largest absolute Gasteiger partial charge is 0.394 e. The van der Waals surface area contributed by atoms with Crippen LogP contribution in [0.2, 0.25) is 0 Å². The Balaban J connectivity index is 1.70. The fourth-order valence-electron chi connectivity index (χ4n) is 11.4. The van der Waals surface area contributed by atoms with Gasteiger partial charge in [-0.3, -0.25) is 4.79 Å². The molecule has 2 aliphatic rings. The molecule has 12 atom stereocenters. The number of hydrogen-bond acceptors (Lipinski definition) is 13. The average Bonchev–Trinajstić information content (AvgIpc) is 3.47. The molecule has 2 heterocycles. The van der Waals surface area contributed by atoms with Crippen molar-refractivity contribution in [3.63, 3.8) is 0 Å². The van der Waals surface area contributed by atoms with Crippen molar-refractivity contribution in [2.24, 2.45) is 0 Å². The van der Waals surface area contributed by atoms with Gasteiger partial charge < -0.3 is 65.1 Å². The van der Waals surface area contributed by atoms with E-state index in [1.54, 1.807) is 6.08 Å². The molecule has 2 saturated heterocycles. The van der Waals surface area contributed by atoms with E-state index in [1.165, 1.54) is 238 Å². The van der Waals surface area contributed by atoms with E-state index in [1.807, 2.05) is 6.08 Å². The number of ether oxygens (including phenoxy) is 4. The van der Waals surface area contributed by atoms with Crippen molar-refractivity contribution in [2.75, 3.05) is 19.8 Å². The molecular formula is C67H127NO13. The molecule has 9 N–H and O–H groups in total. The molecule has 2 aliphatic heterocycles. The van der Waals surface area contributed by atoms with Crippen LogP contribution in [-0.4, -0.2) is 140 Å². The van der Waals surface area contributed by atoms with Crippen LogP contribution in [0.1, 0.15) is 303 Å². The van der Waals surface area contributed by atoms with Crippen molar-refractivity contribution in [3.8, 4) is 0 Å². The molecule has 0 saturated carbocycles. The zero-order valence-electron chi connectivity index (χ0n) is 51.8. The van der Waals surface area contributed by atoms with Crippen LogP contribution in [0.15, 0.2) is 24.3 Å². The van der Waals surface area contributed by atoms with Gasteiger partial charge in [-0.1, -0.05) is 289 Å². The summed E-state index contributed by atoms with van der Waals surface area (Å²) >= 11 is 0. The van der Waals surface area contributed by atoms with E-state index in [4.69, 9.17) is 18.9 Å². The molecule has 2 fully saturated rings. The Labute approximate surface area is 494 Å². The first-order valence-corrected chi connectivity index (χ1v) is 34.1. The van der Waals surface area contributed by atoms with Gasteiger partial charge in [0.25, 0.3) is 0 Å². The van der Waals surface area contributed by atoms with Gasteiger partial charge in [0.1, 0.15) is 48.8 Å². The van der Waals surface area contributed by atoms with Gasteiger partial charge in [0.2, 0.25) is 5.91 Å². The van der Waals surface area contributed by atoms with Crippen LogP contribution < -0.4 is 5.32 Å². The number of aliphatic hydroxyl groups is 8. The maximum Gasteiger partial charge on any atom is 0.220 e. The van der Waals surface area contributed by atoms with E-state index >= 15 is 0 Å².